The number of amides is 1. The van der Waals surface area contributed by atoms with Crippen LogP contribution in [0.25, 0.3) is 0 Å². The number of halogens is 1. The van der Waals surface area contributed by atoms with Gasteiger partial charge in [-0.1, -0.05) is 0 Å². The number of hydrogen-bond donors (Lipinski definition) is 0. The van der Waals surface area contributed by atoms with Crippen LogP contribution in [0.2, 0.25) is 0 Å². The molecular weight excluding hydrogens is 347 g/mol. The summed E-state index contributed by atoms with van der Waals surface area (Å²) in [6.45, 7) is 3.42. The predicted octanol–water partition coefficient (Wildman–Crippen LogP) is 3.76. The van der Waals surface area contributed by atoms with Crippen molar-refractivity contribution in [3.63, 3.8) is 0 Å². The van der Waals surface area contributed by atoms with Crippen LogP contribution in [0.15, 0.2) is 36.5 Å². The number of benzene rings is 1. The quantitative estimate of drug-likeness (QED) is 0.826. The van der Waals surface area contributed by atoms with Crippen molar-refractivity contribution in [1.82, 2.24) is 4.98 Å². The Hall–Kier alpha value is -2.47. The molecule has 1 aromatic carbocycles. The topological polar surface area (TPSA) is 51.7 Å². The van der Waals surface area contributed by atoms with E-state index in [1.807, 2.05) is 6.92 Å². The number of rotatable bonds is 3. The molecule has 0 saturated carbocycles. The lowest BCUT2D eigenvalue weighted by molar-refractivity contribution is 0.0237. The molecule has 0 N–H and O–H groups in total. The fourth-order valence-electron chi connectivity index (χ4n) is 3.71. The molecule has 3 heterocycles. The molecule has 0 radical (unpaired) electrons. The van der Waals surface area contributed by atoms with E-state index in [9.17, 15) is 9.18 Å². The maximum Gasteiger partial charge on any atom is 0.260 e. The first-order valence-corrected chi connectivity index (χ1v) is 9.44. The van der Waals surface area contributed by atoms with Crippen LogP contribution < -0.4 is 9.64 Å². The summed E-state index contributed by atoms with van der Waals surface area (Å²) in [6, 6.07) is 8.14. The van der Waals surface area contributed by atoms with Crippen LogP contribution in [0.3, 0.4) is 0 Å². The van der Waals surface area contributed by atoms with E-state index in [1.165, 1.54) is 12.1 Å². The van der Waals surface area contributed by atoms with Crippen molar-refractivity contribution in [3.8, 4) is 5.88 Å². The summed E-state index contributed by atoms with van der Waals surface area (Å²) in [5, 5.41) is 0. The first-order valence-electron chi connectivity index (χ1n) is 9.44. The van der Waals surface area contributed by atoms with Crippen LogP contribution >= 0.6 is 0 Å². The first-order chi connectivity index (χ1) is 13.1. The van der Waals surface area contributed by atoms with Gasteiger partial charge in [-0.15, -0.1) is 0 Å². The molecule has 2 aliphatic heterocycles. The Morgan fingerprint density at radius 2 is 2.04 bits per heavy atom. The second-order valence-electron chi connectivity index (χ2n) is 7.15. The molecular formula is C21H23FN2O3. The highest BCUT2D eigenvalue weighted by molar-refractivity contribution is 6.07. The van der Waals surface area contributed by atoms with E-state index in [0.717, 1.165) is 36.9 Å². The van der Waals surface area contributed by atoms with Gasteiger partial charge >= 0.3 is 0 Å². The number of carbonyl (C=O) groups excluding carboxylic acids is 1. The molecule has 142 valence electrons. The highest BCUT2D eigenvalue weighted by atomic mass is 19.1. The van der Waals surface area contributed by atoms with Gasteiger partial charge in [0.05, 0.1) is 18.8 Å². The predicted molar refractivity (Wildman–Crippen MR) is 99.7 cm³/mol. The molecule has 27 heavy (non-hydrogen) atoms. The lowest BCUT2D eigenvalue weighted by Gasteiger charge is -2.35. The third-order valence-corrected chi connectivity index (χ3v) is 5.23. The molecule has 0 spiro atoms. The molecule has 1 aromatic heterocycles. The minimum atomic E-state index is -0.271. The average Bonchev–Trinajstić information content (AvgIpc) is 2.69. The maximum absolute atomic E-state index is 13.5. The molecule has 1 amide bonds. The van der Waals surface area contributed by atoms with E-state index in [0.29, 0.717) is 24.7 Å². The molecule has 5 nitrogen and oxygen atoms in total. The molecule has 2 aromatic rings. The van der Waals surface area contributed by atoms with E-state index < -0.39 is 0 Å². The summed E-state index contributed by atoms with van der Waals surface area (Å²) in [5.74, 6) is 0.125. The Morgan fingerprint density at radius 1 is 1.22 bits per heavy atom. The minimum absolute atomic E-state index is 0.0497. The number of nitrogens with zero attached hydrogens (tertiary/aromatic N) is 2. The number of ether oxygens (including phenoxy) is 2. The normalized spacial score (nSPS) is 20.2. The fourth-order valence-corrected chi connectivity index (χ4v) is 3.71. The fraction of sp³-hybridized carbons (Fsp3) is 0.429. The number of hydrogen-bond acceptors (Lipinski definition) is 4. The molecule has 2 aliphatic rings. The van der Waals surface area contributed by atoms with Crippen molar-refractivity contribution < 1.29 is 18.7 Å². The number of aryl methyl sites for hydroxylation is 1. The van der Waals surface area contributed by atoms with Gasteiger partial charge in [-0.3, -0.25) is 4.79 Å². The Balaban J connectivity index is 1.52. The zero-order valence-electron chi connectivity index (χ0n) is 15.4. The number of pyridine rings is 1. The van der Waals surface area contributed by atoms with Gasteiger partial charge in [-0.25, -0.2) is 9.37 Å². The molecule has 0 bridgehead atoms. The van der Waals surface area contributed by atoms with Gasteiger partial charge in [-0.2, -0.15) is 0 Å². The lowest BCUT2D eigenvalue weighted by Crippen LogP contribution is -2.42. The van der Waals surface area contributed by atoms with Crippen LogP contribution in [-0.2, 0) is 11.2 Å². The Bertz CT molecular complexity index is 819. The van der Waals surface area contributed by atoms with E-state index in [1.54, 1.807) is 29.3 Å². The summed E-state index contributed by atoms with van der Waals surface area (Å²) >= 11 is 0. The summed E-state index contributed by atoms with van der Waals surface area (Å²) in [4.78, 5) is 19.2. The maximum atomic E-state index is 13.5. The summed E-state index contributed by atoms with van der Waals surface area (Å²) in [5.41, 5.74) is 2.15. The van der Waals surface area contributed by atoms with E-state index >= 15 is 0 Å². The Morgan fingerprint density at radius 3 is 2.78 bits per heavy atom. The second kappa shape index (κ2) is 7.64. The Kier molecular flexibility index (Phi) is 5.07. The van der Waals surface area contributed by atoms with Gasteiger partial charge in [0.15, 0.2) is 0 Å². The van der Waals surface area contributed by atoms with Gasteiger partial charge in [0.25, 0.3) is 5.91 Å². The van der Waals surface area contributed by atoms with Gasteiger partial charge in [0, 0.05) is 36.8 Å². The van der Waals surface area contributed by atoms with Crippen LogP contribution in [-0.4, -0.2) is 36.3 Å². The molecule has 1 fully saturated rings. The molecule has 6 heteroatoms. The molecule has 0 unspecified atom stereocenters. The highest BCUT2D eigenvalue weighted by Crippen LogP contribution is 2.32. The Labute approximate surface area is 158 Å². The summed E-state index contributed by atoms with van der Waals surface area (Å²) in [7, 11) is 0. The van der Waals surface area contributed by atoms with Gasteiger partial charge in [-0.05, 0) is 49.6 Å². The van der Waals surface area contributed by atoms with E-state index in [4.69, 9.17) is 9.47 Å². The third-order valence-electron chi connectivity index (χ3n) is 5.23. The lowest BCUT2D eigenvalue weighted by atomic mass is 9.95. The minimum Gasteiger partial charge on any atom is -0.474 e. The third kappa shape index (κ3) is 3.81. The monoisotopic (exact) mass is 370 g/mol. The SMILES string of the molecule is C[C@@H]1CCc2cc(F)ccc2N1C(=O)c1ccc(OC2CCOCC2)nc1. The van der Waals surface area contributed by atoms with Crippen molar-refractivity contribution in [2.45, 2.75) is 44.8 Å². The zero-order chi connectivity index (χ0) is 18.8. The van der Waals surface area contributed by atoms with Gasteiger partial charge in [0.2, 0.25) is 5.88 Å². The van der Waals surface area contributed by atoms with Crippen LogP contribution in [0.4, 0.5) is 10.1 Å². The van der Waals surface area contributed by atoms with Crippen LogP contribution in [0.1, 0.15) is 42.1 Å². The molecule has 0 aliphatic carbocycles. The van der Waals surface area contributed by atoms with Gasteiger partial charge < -0.3 is 14.4 Å². The number of carbonyl (C=O) groups is 1. The summed E-state index contributed by atoms with van der Waals surface area (Å²) < 4.78 is 24.7. The molecule has 1 atom stereocenters. The van der Waals surface area contributed by atoms with Crippen LogP contribution in [0.5, 0.6) is 5.88 Å². The number of anilines is 1. The standard InChI is InChI=1S/C21H23FN2O3/c1-14-2-3-15-12-17(22)5-6-19(15)24(14)21(25)16-4-7-20(23-13-16)27-18-8-10-26-11-9-18/h4-7,12-14,18H,2-3,8-11H2,1H3/t14-/m1/s1. The van der Waals surface area contributed by atoms with Crippen molar-refractivity contribution in [3.05, 3.63) is 53.5 Å². The number of aromatic nitrogens is 1. The number of fused-ring (bicyclic) bond motifs is 1. The van der Waals surface area contributed by atoms with Crippen molar-refractivity contribution >= 4 is 11.6 Å². The van der Waals surface area contributed by atoms with Gasteiger partial charge in [0.1, 0.15) is 11.9 Å². The summed E-state index contributed by atoms with van der Waals surface area (Å²) in [6.07, 6.45) is 4.94. The van der Waals surface area contributed by atoms with E-state index in [2.05, 4.69) is 4.98 Å². The first kappa shape index (κ1) is 17.9. The van der Waals surface area contributed by atoms with E-state index in [-0.39, 0.29) is 23.9 Å². The molecule has 4 rings (SSSR count). The van der Waals surface area contributed by atoms with Crippen LogP contribution in [0, 0.1) is 5.82 Å². The highest BCUT2D eigenvalue weighted by Gasteiger charge is 2.29. The average molecular weight is 370 g/mol. The molecule has 1 saturated heterocycles. The van der Waals surface area contributed by atoms with Crippen molar-refractivity contribution in [1.29, 1.82) is 0 Å². The smallest absolute Gasteiger partial charge is 0.260 e. The largest absolute Gasteiger partial charge is 0.474 e. The second-order valence-corrected chi connectivity index (χ2v) is 7.15. The van der Waals surface area contributed by atoms with Crippen molar-refractivity contribution in [2.24, 2.45) is 0 Å². The zero-order valence-corrected chi connectivity index (χ0v) is 15.4. The van der Waals surface area contributed by atoms with Crippen molar-refractivity contribution in [2.75, 3.05) is 18.1 Å².